The van der Waals surface area contributed by atoms with Crippen molar-refractivity contribution >= 4 is 15.9 Å². The Labute approximate surface area is 172 Å². The van der Waals surface area contributed by atoms with E-state index in [1.807, 2.05) is 10.7 Å². The first-order chi connectivity index (χ1) is 13.5. The summed E-state index contributed by atoms with van der Waals surface area (Å²) in [6, 6.07) is 4.99. The van der Waals surface area contributed by atoms with Gasteiger partial charge < -0.3 is 4.90 Å². The van der Waals surface area contributed by atoms with Crippen LogP contribution < -0.4 is 0 Å². The van der Waals surface area contributed by atoms with Gasteiger partial charge in [0.15, 0.2) is 5.69 Å². The first kappa shape index (κ1) is 21.4. The number of aromatic nitrogens is 3. The highest BCUT2D eigenvalue weighted by Gasteiger charge is 2.32. The highest BCUT2D eigenvalue weighted by molar-refractivity contribution is 7.89. The van der Waals surface area contributed by atoms with Gasteiger partial charge in [-0.05, 0) is 44.9 Å². The van der Waals surface area contributed by atoms with Gasteiger partial charge in [-0.15, -0.1) is 0 Å². The number of hydrogen-bond donors (Lipinski definition) is 0. The lowest BCUT2D eigenvalue weighted by atomic mass is 10.1. The Kier molecular flexibility index (Phi) is 5.82. The molecule has 0 unspecified atom stereocenters. The zero-order valence-electron chi connectivity index (χ0n) is 17.7. The summed E-state index contributed by atoms with van der Waals surface area (Å²) >= 11 is 0. The molecule has 0 aliphatic carbocycles. The number of hydrogen-bond acceptors (Lipinski definition) is 5. The maximum absolute atomic E-state index is 13.0. The van der Waals surface area contributed by atoms with E-state index in [0.29, 0.717) is 18.8 Å². The van der Waals surface area contributed by atoms with E-state index in [0.717, 1.165) is 5.69 Å². The van der Waals surface area contributed by atoms with Crippen LogP contribution in [-0.2, 0) is 15.6 Å². The summed E-state index contributed by atoms with van der Waals surface area (Å²) < 4.78 is 28.8. The summed E-state index contributed by atoms with van der Waals surface area (Å²) in [6.07, 6.45) is 2.89. The second-order valence-corrected chi connectivity index (χ2v) is 10.5. The minimum atomic E-state index is -3.60. The molecule has 3 heterocycles. The third kappa shape index (κ3) is 4.35. The molecule has 0 bridgehead atoms. The molecule has 1 fully saturated rings. The van der Waals surface area contributed by atoms with Gasteiger partial charge in [0.05, 0.1) is 5.54 Å². The van der Waals surface area contributed by atoms with Crippen LogP contribution in [0.1, 0.15) is 56.7 Å². The van der Waals surface area contributed by atoms with Crippen LogP contribution in [0.15, 0.2) is 35.5 Å². The zero-order valence-corrected chi connectivity index (χ0v) is 18.5. The Morgan fingerprint density at radius 3 is 2.28 bits per heavy atom. The van der Waals surface area contributed by atoms with Crippen molar-refractivity contribution in [2.75, 3.05) is 26.2 Å². The van der Waals surface area contributed by atoms with E-state index in [1.165, 1.54) is 22.8 Å². The monoisotopic (exact) mass is 419 g/mol. The highest BCUT2D eigenvalue weighted by Crippen LogP contribution is 2.24. The molecule has 0 radical (unpaired) electrons. The molecule has 1 aliphatic heterocycles. The van der Waals surface area contributed by atoms with Gasteiger partial charge in [-0.3, -0.25) is 14.5 Å². The van der Waals surface area contributed by atoms with Crippen LogP contribution >= 0.6 is 0 Å². The molecule has 8 nitrogen and oxygen atoms in total. The van der Waals surface area contributed by atoms with Crippen molar-refractivity contribution in [1.82, 2.24) is 24.0 Å². The number of amides is 1. The molecule has 0 saturated carbocycles. The summed E-state index contributed by atoms with van der Waals surface area (Å²) in [5.41, 5.74) is 1.19. The molecule has 3 rings (SSSR count). The van der Waals surface area contributed by atoms with Crippen molar-refractivity contribution in [3.63, 3.8) is 0 Å². The van der Waals surface area contributed by atoms with Crippen LogP contribution in [0.4, 0.5) is 0 Å². The van der Waals surface area contributed by atoms with Gasteiger partial charge in [0.2, 0.25) is 10.0 Å². The summed E-state index contributed by atoms with van der Waals surface area (Å²) in [7, 11) is -3.60. The van der Waals surface area contributed by atoms with E-state index >= 15 is 0 Å². The Morgan fingerprint density at radius 2 is 1.79 bits per heavy atom. The largest absolute Gasteiger partial charge is 0.335 e. The van der Waals surface area contributed by atoms with E-state index < -0.39 is 10.0 Å². The van der Waals surface area contributed by atoms with Crippen molar-refractivity contribution in [3.8, 4) is 0 Å². The van der Waals surface area contributed by atoms with E-state index in [9.17, 15) is 13.2 Å². The van der Waals surface area contributed by atoms with E-state index in [-0.39, 0.29) is 35.3 Å². The van der Waals surface area contributed by atoms with Crippen molar-refractivity contribution in [2.24, 2.45) is 0 Å². The van der Waals surface area contributed by atoms with E-state index in [4.69, 9.17) is 0 Å². The molecule has 0 atom stereocenters. The predicted octanol–water partition coefficient (Wildman–Crippen LogP) is 2.30. The number of sulfonamides is 1. The fourth-order valence-corrected chi connectivity index (χ4v) is 4.78. The molecule has 0 spiro atoms. The minimum Gasteiger partial charge on any atom is -0.335 e. The van der Waals surface area contributed by atoms with E-state index in [2.05, 4.69) is 44.7 Å². The average Bonchev–Trinajstić information content (AvgIpc) is 3.14. The van der Waals surface area contributed by atoms with Crippen LogP contribution in [-0.4, -0.2) is 64.5 Å². The lowest BCUT2D eigenvalue weighted by Crippen LogP contribution is -2.50. The normalized spacial score (nSPS) is 16.4. The molecule has 1 amide bonds. The predicted molar refractivity (Wildman–Crippen MR) is 110 cm³/mol. The van der Waals surface area contributed by atoms with Gasteiger partial charge in [0, 0.05) is 44.3 Å². The van der Waals surface area contributed by atoms with Gasteiger partial charge in [-0.2, -0.15) is 9.40 Å². The maximum Gasteiger partial charge on any atom is 0.274 e. The fourth-order valence-electron chi connectivity index (χ4n) is 3.39. The van der Waals surface area contributed by atoms with Crippen molar-refractivity contribution in [2.45, 2.75) is 51.0 Å². The molecule has 29 heavy (non-hydrogen) atoms. The average molecular weight is 420 g/mol. The first-order valence-corrected chi connectivity index (χ1v) is 11.3. The van der Waals surface area contributed by atoms with Crippen molar-refractivity contribution < 1.29 is 13.2 Å². The van der Waals surface area contributed by atoms with Gasteiger partial charge in [-0.1, -0.05) is 13.8 Å². The second kappa shape index (κ2) is 7.87. The van der Waals surface area contributed by atoms with Gasteiger partial charge in [0.1, 0.15) is 4.90 Å². The third-order valence-electron chi connectivity index (χ3n) is 4.98. The van der Waals surface area contributed by atoms with Gasteiger partial charge in [-0.25, -0.2) is 8.42 Å². The van der Waals surface area contributed by atoms with Crippen LogP contribution in [0, 0.1) is 0 Å². The number of pyridine rings is 1. The van der Waals surface area contributed by atoms with E-state index in [1.54, 1.807) is 11.0 Å². The number of rotatable bonds is 4. The maximum atomic E-state index is 13.0. The Bertz CT molecular complexity index is 969. The molecule has 9 heteroatoms. The Hall–Kier alpha value is -2.26. The van der Waals surface area contributed by atoms with Gasteiger partial charge in [0.25, 0.3) is 5.91 Å². The third-order valence-corrected chi connectivity index (χ3v) is 6.86. The van der Waals surface area contributed by atoms with Gasteiger partial charge >= 0.3 is 0 Å². The Morgan fingerprint density at radius 1 is 1.14 bits per heavy atom. The second-order valence-electron chi connectivity index (χ2n) is 8.58. The van der Waals surface area contributed by atoms with Crippen LogP contribution in [0.2, 0.25) is 0 Å². The number of piperazine rings is 1. The SMILES string of the molecule is CC(C)c1cc(C(=O)N2CCN(S(=O)(=O)c3cccnc3)CC2)nn1C(C)(C)C. The number of carbonyl (C=O) groups excluding carboxylic acids is 1. The number of carbonyl (C=O) groups is 1. The summed E-state index contributed by atoms with van der Waals surface area (Å²) in [5, 5.41) is 4.58. The smallest absolute Gasteiger partial charge is 0.274 e. The number of nitrogens with zero attached hydrogens (tertiary/aromatic N) is 5. The fraction of sp³-hybridized carbons (Fsp3) is 0.550. The zero-order chi connectivity index (χ0) is 21.4. The Balaban J connectivity index is 1.74. The highest BCUT2D eigenvalue weighted by atomic mass is 32.2. The molecular weight excluding hydrogens is 390 g/mol. The van der Waals surface area contributed by atoms with Crippen LogP contribution in [0.25, 0.3) is 0 Å². The molecule has 1 saturated heterocycles. The molecule has 2 aromatic heterocycles. The standard InChI is InChI=1S/C20H29N5O3S/c1-15(2)18-13-17(22-25(18)20(3,4)5)19(26)23-9-11-24(12-10-23)29(27,28)16-7-6-8-21-14-16/h6-8,13-15H,9-12H2,1-5H3. The van der Waals surface area contributed by atoms with Crippen LogP contribution in [0.3, 0.4) is 0 Å². The van der Waals surface area contributed by atoms with Crippen molar-refractivity contribution in [3.05, 3.63) is 42.0 Å². The van der Waals surface area contributed by atoms with Crippen molar-refractivity contribution in [1.29, 1.82) is 0 Å². The summed E-state index contributed by atoms with van der Waals surface area (Å²) in [5.74, 6) is 0.0815. The molecule has 0 N–H and O–H groups in total. The molecule has 158 valence electrons. The quantitative estimate of drug-likeness (QED) is 0.759. The lowest BCUT2D eigenvalue weighted by Gasteiger charge is -2.33. The molecule has 2 aromatic rings. The topological polar surface area (TPSA) is 88.4 Å². The summed E-state index contributed by atoms with van der Waals surface area (Å²) in [6.45, 7) is 11.5. The molecule has 1 aliphatic rings. The lowest BCUT2D eigenvalue weighted by molar-refractivity contribution is 0.0690. The first-order valence-electron chi connectivity index (χ1n) is 9.81. The molecular formula is C20H29N5O3S. The minimum absolute atomic E-state index is 0.159. The summed E-state index contributed by atoms with van der Waals surface area (Å²) in [4.78, 5) is 18.8. The molecule has 0 aromatic carbocycles. The van der Waals surface area contributed by atoms with Crippen LogP contribution in [0.5, 0.6) is 0 Å².